The van der Waals surface area contributed by atoms with Gasteiger partial charge in [0.15, 0.2) is 0 Å². The standard InChI is InChI=1S/C10H18O4P2/c1-9(2)5-4-6-10(3)7-8-14-16(12,13)15-11/h5,7H,4,6,8H2,1-3H3,(H,12,13)/b10-7+. The Kier molecular flexibility index (Phi) is 7.78. The number of rotatable bonds is 7. The van der Waals surface area contributed by atoms with Crippen LogP contribution >= 0.6 is 15.4 Å². The molecular formula is C10H18O4P2. The molecule has 0 amide bonds. The van der Waals surface area contributed by atoms with Crippen LogP contribution in [0.15, 0.2) is 23.3 Å². The molecule has 1 atom stereocenters. The van der Waals surface area contributed by atoms with Crippen LogP contribution in [0.25, 0.3) is 0 Å². The van der Waals surface area contributed by atoms with Gasteiger partial charge in [0.2, 0.25) is 0 Å². The van der Waals surface area contributed by atoms with E-state index in [0.29, 0.717) is 0 Å². The molecule has 0 bridgehead atoms. The van der Waals surface area contributed by atoms with E-state index in [1.54, 1.807) is 6.08 Å². The van der Waals surface area contributed by atoms with Crippen molar-refractivity contribution in [3.8, 4) is 0 Å². The second-order valence-corrected chi connectivity index (χ2v) is 7.15. The van der Waals surface area contributed by atoms with E-state index in [-0.39, 0.29) is 6.61 Å². The zero-order valence-corrected chi connectivity index (χ0v) is 11.6. The summed E-state index contributed by atoms with van der Waals surface area (Å²) in [5, 5.41) is 0. The van der Waals surface area contributed by atoms with Crippen molar-refractivity contribution in [1.82, 2.24) is 0 Å². The van der Waals surface area contributed by atoms with Crippen LogP contribution in [0.2, 0.25) is 0 Å². The summed E-state index contributed by atoms with van der Waals surface area (Å²) >= 11 is 0. The van der Waals surface area contributed by atoms with E-state index in [9.17, 15) is 9.13 Å². The molecule has 92 valence electrons. The van der Waals surface area contributed by atoms with E-state index in [4.69, 9.17) is 4.89 Å². The fourth-order valence-electron chi connectivity index (χ4n) is 0.991. The van der Waals surface area contributed by atoms with Crippen molar-refractivity contribution >= 4 is 15.4 Å². The van der Waals surface area contributed by atoms with Gasteiger partial charge in [0.25, 0.3) is 8.15 Å². The molecular weight excluding hydrogens is 246 g/mol. The summed E-state index contributed by atoms with van der Waals surface area (Å²) in [6, 6.07) is 0. The van der Waals surface area contributed by atoms with Crippen LogP contribution in [0.1, 0.15) is 33.6 Å². The van der Waals surface area contributed by atoms with Crippen molar-refractivity contribution < 1.29 is 18.5 Å². The van der Waals surface area contributed by atoms with Crippen LogP contribution < -0.4 is 0 Å². The fourth-order valence-corrected chi connectivity index (χ4v) is 1.65. The molecule has 0 aromatic heterocycles. The molecule has 4 nitrogen and oxygen atoms in total. The van der Waals surface area contributed by atoms with Gasteiger partial charge >= 0.3 is 7.28 Å². The minimum atomic E-state index is -3.91. The summed E-state index contributed by atoms with van der Waals surface area (Å²) in [7, 11) is -4.77. The Morgan fingerprint density at radius 1 is 1.38 bits per heavy atom. The molecule has 16 heavy (non-hydrogen) atoms. The molecule has 0 rings (SSSR count). The summed E-state index contributed by atoms with van der Waals surface area (Å²) in [6.07, 6.45) is 5.69. The van der Waals surface area contributed by atoms with Crippen molar-refractivity contribution in [1.29, 1.82) is 0 Å². The third-order valence-electron chi connectivity index (χ3n) is 1.87. The van der Waals surface area contributed by atoms with Gasteiger partial charge in [-0.2, -0.15) is 0 Å². The smallest absolute Gasteiger partial charge is 0.316 e. The zero-order valence-electron chi connectivity index (χ0n) is 9.84. The molecule has 0 aliphatic heterocycles. The monoisotopic (exact) mass is 264 g/mol. The Hall–Kier alpha value is -0.270. The van der Waals surface area contributed by atoms with Gasteiger partial charge in [-0.05, 0) is 33.6 Å². The molecule has 0 aliphatic carbocycles. The normalized spacial score (nSPS) is 15.9. The first-order valence-corrected chi connectivity index (χ1v) is 8.08. The molecule has 0 spiro atoms. The molecule has 0 fully saturated rings. The molecule has 1 unspecified atom stereocenters. The molecule has 0 radical (unpaired) electrons. The highest BCUT2D eigenvalue weighted by molar-refractivity contribution is 8.14. The van der Waals surface area contributed by atoms with Gasteiger partial charge < -0.3 is 4.89 Å². The third-order valence-corrected chi connectivity index (χ3v) is 3.53. The summed E-state index contributed by atoms with van der Waals surface area (Å²) < 4.78 is 25.6. The largest absolute Gasteiger partial charge is 0.417 e. The van der Waals surface area contributed by atoms with Crippen molar-refractivity contribution in [2.75, 3.05) is 6.61 Å². The molecule has 0 saturated heterocycles. The quantitative estimate of drug-likeness (QED) is 0.555. The van der Waals surface area contributed by atoms with Crippen LogP contribution in [0.5, 0.6) is 0 Å². The van der Waals surface area contributed by atoms with Crippen molar-refractivity contribution in [2.45, 2.75) is 33.6 Å². The maximum Gasteiger partial charge on any atom is 0.417 e. The summed E-state index contributed by atoms with van der Waals surface area (Å²) in [4.78, 5) is 8.85. The summed E-state index contributed by atoms with van der Waals surface area (Å²) in [6.45, 7) is 6.03. The fraction of sp³-hybridized carbons (Fsp3) is 0.600. The van der Waals surface area contributed by atoms with Gasteiger partial charge in [-0.3, -0.25) is 9.09 Å². The Labute approximate surface area is 98.0 Å². The number of allylic oxidation sites excluding steroid dienone is 3. The second kappa shape index (κ2) is 7.92. The van der Waals surface area contributed by atoms with Crippen LogP contribution in [-0.2, 0) is 13.7 Å². The topological polar surface area (TPSA) is 63.6 Å². The lowest BCUT2D eigenvalue weighted by Gasteiger charge is -2.02. The third kappa shape index (κ3) is 8.99. The lowest BCUT2D eigenvalue weighted by atomic mass is 10.1. The second-order valence-electron chi connectivity index (χ2n) is 3.74. The maximum absolute atomic E-state index is 10.8. The SMILES string of the molecule is CC(C)=CCC/C(C)=C/COP(=O)(O)P=O. The molecule has 0 aromatic rings. The lowest BCUT2D eigenvalue weighted by Crippen LogP contribution is -1.87. The first kappa shape index (κ1) is 15.7. The average Bonchev–Trinajstić information content (AvgIpc) is 2.17. The molecule has 0 aliphatic rings. The van der Waals surface area contributed by atoms with Crippen molar-refractivity contribution in [3.05, 3.63) is 23.3 Å². The van der Waals surface area contributed by atoms with Crippen molar-refractivity contribution in [2.24, 2.45) is 0 Å². The Balaban J connectivity index is 3.92. The Morgan fingerprint density at radius 3 is 2.50 bits per heavy atom. The summed E-state index contributed by atoms with van der Waals surface area (Å²) in [5.74, 6) is 0. The Morgan fingerprint density at radius 2 is 2.00 bits per heavy atom. The number of hydrogen-bond donors (Lipinski definition) is 1. The lowest BCUT2D eigenvalue weighted by molar-refractivity contribution is 0.303. The van der Waals surface area contributed by atoms with Gasteiger partial charge in [0.1, 0.15) is 0 Å². The molecule has 0 heterocycles. The summed E-state index contributed by atoms with van der Waals surface area (Å²) in [5.41, 5.74) is 2.36. The highest BCUT2D eigenvalue weighted by Gasteiger charge is 2.17. The van der Waals surface area contributed by atoms with Crippen molar-refractivity contribution in [3.63, 3.8) is 0 Å². The highest BCUT2D eigenvalue weighted by Crippen LogP contribution is 2.54. The Bertz CT molecular complexity index is 330. The average molecular weight is 264 g/mol. The number of hydrogen-bond acceptors (Lipinski definition) is 3. The van der Waals surface area contributed by atoms with Gasteiger partial charge in [-0.1, -0.05) is 23.3 Å². The first-order valence-electron chi connectivity index (χ1n) is 4.98. The minimum Gasteiger partial charge on any atom is -0.316 e. The van der Waals surface area contributed by atoms with E-state index in [1.165, 1.54) is 5.57 Å². The van der Waals surface area contributed by atoms with Crippen LogP contribution in [-0.4, -0.2) is 11.5 Å². The first-order chi connectivity index (χ1) is 7.37. The van der Waals surface area contributed by atoms with E-state index in [0.717, 1.165) is 18.4 Å². The van der Waals surface area contributed by atoms with Gasteiger partial charge in [0, 0.05) is 0 Å². The van der Waals surface area contributed by atoms with Crippen LogP contribution in [0.4, 0.5) is 0 Å². The zero-order chi connectivity index (χ0) is 12.6. The van der Waals surface area contributed by atoms with Gasteiger partial charge in [-0.25, -0.2) is 4.57 Å². The molecule has 1 N–H and O–H groups in total. The van der Waals surface area contributed by atoms with E-state index >= 15 is 0 Å². The van der Waals surface area contributed by atoms with E-state index in [1.807, 2.05) is 20.8 Å². The molecule has 0 aromatic carbocycles. The minimum absolute atomic E-state index is 0.0175. The van der Waals surface area contributed by atoms with Crippen LogP contribution in [0, 0.1) is 0 Å². The molecule has 0 saturated carbocycles. The van der Waals surface area contributed by atoms with Gasteiger partial charge in [0.05, 0.1) is 6.61 Å². The van der Waals surface area contributed by atoms with Crippen LogP contribution in [0.3, 0.4) is 0 Å². The predicted molar refractivity (Wildman–Crippen MR) is 65.8 cm³/mol. The van der Waals surface area contributed by atoms with Gasteiger partial charge in [-0.15, -0.1) is 0 Å². The highest BCUT2D eigenvalue weighted by atomic mass is 32.1. The predicted octanol–water partition coefficient (Wildman–Crippen LogP) is 4.09. The van der Waals surface area contributed by atoms with E-state index < -0.39 is 15.4 Å². The molecule has 6 heteroatoms. The maximum atomic E-state index is 10.8. The van der Waals surface area contributed by atoms with E-state index in [2.05, 4.69) is 10.6 Å².